The molecule has 1 aromatic carbocycles. The van der Waals surface area contributed by atoms with Crippen LogP contribution < -0.4 is 10.2 Å². The number of benzene rings is 1. The lowest BCUT2D eigenvalue weighted by Gasteiger charge is -2.11. The second kappa shape index (κ2) is 8.40. The molecule has 33 heavy (non-hydrogen) atoms. The van der Waals surface area contributed by atoms with E-state index >= 15 is 0 Å². The fourth-order valence-electron chi connectivity index (χ4n) is 3.39. The molecule has 5 aromatic rings. The Balaban J connectivity index is 1.45. The number of halogens is 1. The molecule has 0 saturated heterocycles. The number of H-pyrrole nitrogens is 1. The Kier molecular flexibility index (Phi) is 5.27. The highest BCUT2D eigenvalue weighted by Crippen LogP contribution is 2.31. The lowest BCUT2D eigenvalue weighted by atomic mass is 10.1. The summed E-state index contributed by atoms with van der Waals surface area (Å²) in [5.41, 5.74) is 4.41. The second-order valence-electron chi connectivity index (χ2n) is 7.61. The van der Waals surface area contributed by atoms with Gasteiger partial charge in [-0.3, -0.25) is 4.79 Å². The number of furan rings is 1. The van der Waals surface area contributed by atoms with E-state index in [1.165, 1.54) is 6.26 Å². The molecule has 0 bridgehead atoms. The molecule has 9 heteroatoms. The Morgan fingerprint density at radius 2 is 1.91 bits per heavy atom. The summed E-state index contributed by atoms with van der Waals surface area (Å²) in [7, 11) is 3.90. The van der Waals surface area contributed by atoms with Gasteiger partial charge in [-0.05, 0) is 48.5 Å². The zero-order chi connectivity index (χ0) is 22.9. The van der Waals surface area contributed by atoms with Gasteiger partial charge >= 0.3 is 0 Å². The van der Waals surface area contributed by atoms with Crippen molar-refractivity contribution in [1.29, 1.82) is 0 Å². The SMILES string of the molecule is CN(C)c1ccc(-c2cnc3nc(-c4cc(NC(=O)c5ccco5)ccc4Cl)[nH]c3c2)cn1. The van der Waals surface area contributed by atoms with Crippen LogP contribution in [0.5, 0.6) is 0 Å². The number of nitrogens with zero attached hydrogens (tertiary/aromatic N) is 4. The van der Waals surface area contributed by atoms with Crippen LogP contribution in [0, 0.1) is 0 Å². The molecule has 8 nitrogen and oxygen atoms in total. The molecule has 0 radical (unpaired) electrons. The molecule has 4 heterocycles. The summed E-state index contributed by atoms with van der Waals surface area (Å²) in [4.78, 5) is 31.1. The van der Waals surface area contributed by atoms with Gasteiger partial charge in [0.2, 0.25) is 0 Å². The number of pyridine rings is 2. The van der Waals surface area contributed by atoms with E-state index in [0.29, 0.717) is 27.7 Å². The van der Waals surface area contributed by atoms with Crippen LogP contribution in [0.15, 0.2) is 71.6 Å². The lowest BCUT2D eigenvalue weighted by molar-refractivity contribution is 0.0996. The predicted octanol–water partition coefficient (Wildman–Crippen LogP) is 5.25. The first-order chi connectivity index (χ1) is 16.0. The van der Waals surface area contributed by atoms with Crippen LogP contribution >= 0.6 is 11.6 Å². The van der Waals surface area contributed by atoms with E-state index < -0.39 is 0 Å². The van der Waals surface area contributed by atoms with E-state index in [9.17, 15) is 4.79 Å². The Morgan fingerprint density at radius 3 is 2.64 bits per heavy atom. The average molecular weight is 459 g/mol. The molecule has 1 amide bonds. The summed E-state index contributed by atoms with van der Waals surface area (Å²) >= 11 is 6.44. The van der Waals surface area contributed by atoms with Crippen LogP contribution in [0.2, 0.25) is 5.02 Å². The maximum Gasteiger partial charge on any atom is 0.291 e. The van der Waals surface area contributed by atoms with E-state index in [0.717, 1.165) is 22.5 Å². The molecule has 0 saturated carbocycles. The number of amides is 1. The van der Waals surface area contributed by atoms with Gasteiger partial charge < -0.3 is 19.6 Å². The van der Waals surface area contributed by atoms with Crippen molar-refractivity contribution >= 4 is 40.2 Å². The fraction of sp³-hybridized carbons (Fsp3) is 0.0833. The van der Waals surface area contributed by atoms with Crippen molar-refractivity contribution in [3.05, 3.63) is 78.0 Å². The quantitative estimate of drug-likeness (QED) is 0.373. The molecular formula is C24H19ClN6O2. The number of aromatic nitrogens is 4. The van der Waals surface area contributed by atoms with E-state index in [1.54, 1.807) is 36.5 Å². The smallest absolute Gasteiger partial charge is 0.291 e. The first-order valence-electron chi connectivity index (χ1n) is 10.1. The van der Waals surface area contributed by atoms with Gasteiger partial charge in [-0.2, -0.15) is 0 Å². The first-order valence-corrected chi connectivity index (χ1v) is 10.5. The highest BCUT2D eigenvalue weighted by molar-refractivity contribution is 6.33. The maximum atomic E-state index is 12.3. The van der Waals surface area contributed by atoms with Crippen LogP contribution in [-0.2, 0) is 0 Å². The highest BCUT2D eigenvalue weighted by Gasteiger charge is 2.14. The first kappa shape index (κ1) is 20.7. The summed E-state index contributed by atoms with van der Waals surface area (Å²) in [6, 6.07) is 14.4. The molecular weight excluding hydrogens is 440 g/mol. The zero-order valence-electron chi connectivity index (χ0n) is 17.8. The van der Waals surface area contributed by atoms with Gasteiger partial charge in [0.1, 0.15) is 11.6 Å². The largest absolute Gasteiger partial charge is 0.459 e. The molecule has 4 aromatic heterocycles. The normalized spacial score (nSPS) is 11.0. The number of fused-ring (bicyclic) bond motifs is 1. The molecule has 2 N–H and O–H groups in total. The fourth-order valence-corrected chi connectivity index (χ4v) is 3.60. The van der Waals surface area contributed by atoms with Crippen molar-refractivity contribution in [2.75, 3.05) is 24.3 Å². The number of hydrogen-bond acceptors (Lipinski definition) is 6. The number of aromatic amines is 1. The van der Waals surface area contributed by atoms with E-state index in [4.69, 9.17) is 16.0 Å². The number of rotatable bonds is 5. The summed E-state index contributed by atoms with van der Waals surface area (Å²) in [5.74, 6) is 1.30. The number of carbonyl (C=O) groups excluding carboxylic acids is 1. The molecule has 0 aliphatic heterocycles. The lowest BCUT2D eigenvalue weighted by Crippen LogP contribution is -2.10. The summed E-state index contributed by atoms with van der Waals surface area (Å²) < 4.78 is 5.14. The molecule has 0 atom stereocenters. The number of anilines is 2. The van der Waals surface area contributed by atoms with E-state index in [2.05, 4.69) is 25.3 Å². The van der Waals surface area contributed by atoms with Gasteiger partial charge in [-0.1, -0.05) is 11.6 Å². The summed E-state index contributed by atoms with van der Waals surface area (Å²) in [6.45, 7) is 0. The Bertz CT molecular complexity index is 1440. The molecule has 0 unspecified atom stereocenters. The highest BCUT2D eigenvalue weighted by atomic mass is 35.5. The molecule has 0 aliphatic rings. The minimum atomic E-state index is -0.349. The van der Waals surface area contributed by atoms with Gasteiger partial charge in [0.15, 0.2) is 11.4 Å². The summed E-state index contributed by atoms with van der Waals surface area (Å²) in [5, 5.41) is 3.29. The van der Waals surface area contributed by atoms with Gasteiger partial charge in [-0.15, -0.1) is 0 Å². The van der Waals surface area contributed by atoms with Gasteiger partial charge in [0, 0.05) is 48.9 Å². The minimum Gasteiger partial charge on any atom is -0.459 e. The van der Waals surface area contributed by atoms with Crippen molar-refractivity contribution in [3.8, 4) is 22.5 Å². The monoisotopic (exact) mass is 458 g/mol. The van der Waals surface area contributed by atoms with Crippen LogP contribution in [0.3, 0.4) is 0 Å². The van der Waals surface area contributed by atoms with Crippen molar-refractivity contribution < 1.29 is 9.21 Å². The van der Waals surface area contributed by atoms with E-state index in [-0.39, 0.29) is 11.7 Å². The Hall–Kier alpha value is -4.17. The molecule has 0 spiro atoms. The third-order valence-electron chi connectivity index (χ3n) is 5.10. The van der Waals surface area contributed by atoms with Crippen molar-refractivity contribution in [2.45, 2.75) is 0 Å². The minimum absolute atomic E-state index is 0.222. The van der Waals surface area contributed by atoms with Crippen molar-refractivity contribution in [1.82, 2.24) is 19.9 Å². The number of imidazole rings is 1. The zero-order valence-corrected chi connectivity index (χ0v) is 18.6. The number of nitrogens with one attached hydrogen (secondary N) is 2. The van der Waals surface area contributed by atoms with E-state index in [1.807, 2.05) is 43.4 Å². The van der Waals surface area contributed by atoms with Gasteiger partial charge in [0.05, 0.1) is 16.8 Å². The van der Waals surface area contributed by atoms with Crippen LogP contribution in [0.1, 0.15) is 10.6 Å². The Morgan fingerprint density at radius 1 is 1.06 bits per heavy atom. The van der Waals surface area contributed by atoms with Crippen molar-refractivity contribution in [3.63, 3.8) is 0 Å². The standard InChI is InChI=1S/C24H19ClN6O2/c1-31(2)21-8-5-14(12-26-21)15-10-19-23(27-13-15)30-22(29-19)17-11-16(6-7-18(17)25)28-24(32)20-4-3-9-33-20/h3-13H,1-2H3,(H,28,32)(H,27,29,30). The summed E-state index contributed by atoms with van der Waals surface area (Å²) in [6.07, 6.45) is 5.03. The molecule has 0 aliphatic carbocycles. The van der Waals surface area contributed by atoms with Crippen LogP contribution in [-0.4, -0.2) is 39.9 Å². The van der Waals surface area contributed by atoms with Crippen LogP contribution in [0.4, 0.5) is 11.5 Å². The van der Waals surface area contributed by atoms with Gasteiger partial charge in [0.25, 0.3) is 5.91 Å². The predicted molar refractivity (Wildman–Crippen MR) is 129 cm³/mol. The van der Waals surface area contributed by atoms with Crippen LogP contribution in [0.25, 0.3) is 33.7 Å². The van der Waals surface area contributed by atoms with Gasteiger partial charge in [-0.25, -0.2) is 15.0 Å². The molecule has 0 fully saturated rings. The van der Waals surface area contributed by atoms with Crippen molar-refractivity contribution in [2.24, 2.45) is 0 Å². The third-order valence-corrected chi connectivity index (χ3v) is 5.43. The average Bonchev–Trinajstić information content (AvgIpc) is 3.50. The maximum absolute atomic E-state index is 12.3. The topological polar surface area (TPSA) is 99.9 Å². The Labute approximate surface area is 194 Å². The molecule has 5 rings (SSSR count). The molecule has 164 valence electrons. The number of hydrogen-bond donors (Lipinski definition) is 2. The second-order valence-corrected chi connectivity index (χ2v) is 8.01. The number of carbonyl (C=O) groups is 1. The third kappa shape index (κ3) is 4.16.